The minimum atomic E-state index is -0.492. The Balaban J connectivity index is 2.08. The Morgan fingerprint density at radius 1 is 1.14 bits per heavy atom. The summed E-state index contributed by atoms with van der Waals surface area (Å²) >= 11 is 12.0. The van der Waals surface area contributed by atoms with Gasteiger partial charge in [0.2, 0.25) is 11.6 Å². The first-order chi connectivity index (χ1) is 13.4. The lowest BCUT2D eigenvalue weighted by Gasteiger charge is -2.22. The van der Waals surface area contributed by atoms with Crippen molar-refractivity contribution in [1.29, 1.82) is 0 Å². The molecule has 0 aliphatic heterocycles. The molecule has 1 heterocycles. The maximum absolute atomic E-state index is 11.9. The van der Waals surface area contributed by atoms with Crippen LogP contribution in [0.25, 0.3) is 0 Å². The first-order valence-corrected chi connectivity index (χ1v) is 9.22. The van der Waals surface area contributed by atoms with Crippen LogP contribution < -0.4 is 10.2 Å². The molecule has 3 rings (SSSR count). The van der Waals surface area contributed by atoms with E-state index >= 15 is 0 Å². The minimum Gasteiger partial charge on any atom is -0.334 e. The van der Waals surface area contributed by atoms with Gasteiger partial charge >= 0.3 is 5.69 Å². The van der Waals surface area contributed by atoms with Crippen LogP contribution in [-0.2, 0) is 0 Å². The third-order valence-corrected chi connectivity index (χ3v) is 4.79. The highest BCUT2D eigenvalue weighted by Gasteiger charge is 2.27. The Morgan fingerprint density at radius 3 is 2.57 bits per heavy atom. The highest BCUT2D eigenvalue weighted by Crippen LogP contribution is 2.37. The smallest absolute Gasteiger partial charge is 0.334 e. The topological polar surface area (TPSA) is 84.2 Å². The molecule has 7 nitrogen and oxygen atoms in total. The van der Waals surface area contributed by atoms with E-state index in [0.717, 1.165) is 11.3 Å². The van der Waals surface area contributed by atoms with Gasteiger partial charge in [0, 0.05) is 17.9 Å². The Bertz CT molecular complexity index is 1030. The van der Waals surface area contributed by atoms with Crippen molar-refractivity contribution in [2.45, 2.75) is 13.8 Å². The van der Waals surface area contributed by atoms with Crippen molar-refractivity contribution in [3.63, 3.8) is 0 Å². The van der Waals surface area contributed by atoms with Crippen LogP contribution in [0.5, 0.6) is 0 Å². The third kappa shape index (κ3) is 4.16. The van der Waals surface area contributed by atoms with Crippen LogP contribution >= 0.6 is 23.2 Å². The van der Waals surface area contributed by atoms with Gasteiger partial charge < -0.3 is 10.2 Å². The molecule has 1 aromatic heterocycles. The third-order valence-electron chi connectivity index (χ3n) is 4.05. The monoisotopic (exact) mass is 417 g/mol. The van der Waals surface area contributed by atoms with Gasteiger partial charge in [0.1, 0.15) is 6.33 Å². The number of nitrogens with one attached hydrogen (secondary N) is 1. The number of aromatic nitrogens is 2. The average Bonchev–Trinajstić information content (AvgIpc) is 2.65. The summed E-state index contributed by atoms with van der Waals surface area (Å²) in [6.07, 6.45) is 1.29. The number of nitrogens with zero attached hydrogens (tertiary/aromatic N) is 4. The van der Waals surface area contributed by atoms with Gasteiger partial charge in [-0.25, -0.2) is 9.97 Å². The van der Waals surface area contributed by atoms with E-state index in [1.165, 1.54) is 6.33 Å². The molecule has 0 bridgehead atoms. The Hall–Kier alpha value is -2.90. The molecule has 0 saturated heterocycles. The van der Waals surface area contributed by atoms with E-state index in [-0.39, 0.29) is 17.3 Å². The van der Waals surface area contributed by atoms with E-state index in [1.54, 1.807) is 23.1 Å². The number of anilines is 4. The summed E-state index contributed by atoms with van der Waals surface area (Å²) in [5, 5.41) is 15.5. The highest BCUT2D eigenvalue weighted by atomic mass is 35.5. The Labute approximate surface area is 172 Å². The Kier molecular flexibility index (Phi) is 5.96. The van der Waals surface area contributed by atoms with E-state index in [0.29, 0.717) is 22.3 Å². The number of nitro groups is 1. The van der Waals surface area contributed by atoms with E-state index in [2.05, 4.69) is 15.3 Å². The van der Waals surface area contributed by atoms with E-state index in [4.69, 9.17) is 23.2 Å². The summed E-state index contributed by atoms with van der Waals surface area (Å²) in [6, 6.07) is 12.5. The van der Waals surface area contributed by atoms with Gasteiger partial charge in [-0.15, -0.1) is 0 Å². The molecule has 0 aliphatic rings. The predicted octanol–water partition coefficient (Wildman–Crippen LogP) is 5.90. The minimum absolute atomic E-state index is 0.0690. The lowest BCUT2D eigenvalue weighted by Crippen LogP contribution is -2.19. The first kappa shape index (κ1) is 19.9. The van der Waals surface area contributed by atoms with Gasteiger partial charge in [-0.2, -0.15) is 0 Å². The average molecular weight is 418 g/mol. The molecule has 0 atom stereocenters. The van der Waals surface area contributed by atoms with Crippen LogP contribution in [0.4, 0.5) is 28.7 Å². The molecule has 9 heteroatoms. The fourth-order valence-corrected chi connectivity index (χ4v) is 3.09. The predicted molar refractivity (Wildman–Crippen MR) is 112 cm³/mol. The van der Waals surface area contributed by atoms with E-state index in [1.807, 2.05) is 38.1 Å². The van der Waals surface area contributed by atoms with Crippen molar-refractivity contribution in [1.82, 2.24) is 9.97 Å². The van der Waals surface area contributed by atoms with Gasteiger partial charge in [-0.1, -0.05) is 35.3 Å². The van der Waals surface area contributed by atoms with Crippen LogP contribution in [0.2, 0.25) is 10.0 Å². The zero-order valence-corrected chi connectivity index (χ0v) is 16.7. The zero-order chi connectivity index (χ0) is 20.3. The van der Waals surface area contributed by atoms with Crippen molar-refractivity contribution in [3.05, 3.63) is 74.5 Å². The van der Waals surface area contributed by atoms with Gasteiger partial charge in [-0.05, 0) is 49.7 Å². The maximum atomic E-state index is 11.9. The van der Waals surface area contributed by atoms with Crippen LogP contribution in [0.15, 0.2) is 48.8 Å². The molecule has 28 heavy (non-hydrogen) atoms. The molecular weight excluding hydrogens is 401 g/mol. The standard InChI is InChI=1S/C19H17Cl2N5O2/c1-3-25(14-6-4-5-12(2)9-14)19-17(26(27)28)18(22-11-23-19)24-13-7-8-15(20)16(21)10-13/h4-11H,3H2,1-2H3,(H,22,23,24). The lowest BCUT2D eigenvalue weighted by atomic mass is 10.2. The molecule has 0 spiro atoms. The SMILES string of the molecule is CCN(c1cccc(C)c1)c1ncnc(Nc2ccc(Cl)c(Cl)c2)c1[N+](=O)[O-]. The van der Waals surface area contributed by atoms with Gasteiger partial charge in [0.15, 0.2) is 0 Å². The zero-order valence-electron chi connectivity index (χ0n) is 15.2. The van der Waals surface area contributed by atoms with Crippen LogP contribution in [0.3, 0.4) is 0 Å². The summed E-state index contributed by atoms with van der Waals surface area (Å²) in [6.45, 7) is 4.36. The molecule has 144 valence electrons. The second-order valence-corrected chi connectivity index (χ2v) is 6.80. The number of hydrogen-bond acceptors (Lipinski definition) is 6. The molecule has 3 aromatic rings. The second-order valence-electron chi connectivity index (χ2n) is 5.99. The van der Waals surface area contributed by atoms with Gasteiger partial charge in [0.05, 0.1) is 15.0 Å². The van der Waals surface area contributed by atoms with Crippen LogP contribution in [0, 0.1) is 17.0 Å². The fraction of sp³-hybridized carbons (Fsp3) is 0.158. The van der Waals surface area contributed by atoms with Gasteiger partial charge in [0.25, 0.3) is 0 Å². The molecule has 0 unspecified atom stereocenters. The number of hydrogen-bond donors (Lipinski definition) is 1. The van der Waals surface area contributed by atoms with Crippen molar-refractivity contribution >= 4 is 51.9 Å². The van der Waals surface area contributed by atoms with Crippen molar-refractivity contribution in [2.24, 2.45) is 0 Å². The molecule has 0 amide bonds. The number of aryl methyl sites for hydroxylation is 1. The summed E-state index contributed by atoms with van der Waals surface area (Å²) in [4.78, 5) is 21.4. The van der Waals surface area contributed by atoms with E-state index in [9.17, 15) is 10.1 Å². The quantitative estimate of drug-likeness (QED) is 0.396. The molecule has 2 aromatic carbocycles. The van der Waals surface area contributed by atoms with Gasteiger partial charge in [-0.3, -0.25) is 10.1 Å². The van der Waals surface area contributed by atoms with E-state index < -0.39 is 4.92 Å². The van der Waals surface area contributed by atoms with Crippen molar-refractivity contribution < 1.29 is 4.92 Å². The molecule has 0 aliphatic carbocycles. The summed E-state index contributed by atoms with van der Waals surface area (Å²) < 4.78 is 0. The highest BCUT2D eigenvalue weighted by molar-refractivity contribution is 6.42. The summed E-state index contributed by atoms with van der Waals surface area (Å²) in [5.74, 6) is 0.273. The summed E-state index contributed by atoms with van der Waals surface area (Å²) in [7, 11) is 0. The number of rotatable bonds is 6. The summed E-state index contributed by atoms with van der Waals surface area (Å²) in [5.41, 5.74) is 2.16. The number of halogens is 2. The lowest BCUT2D eigenvalue weighted by molar-refractivity contribution is -0.383. The second kappa shape index (κ2) is 8.41. The molecule has 0 saturated carbocycles. The molecular formula is C19H17Cl2N5O2. The fourth-order valence-electron chi connectivity index (χ4n) is 2.79. The van der Waals surface area contributed by atoms with Crippen molar-refractivity contribution in [2.75, 3.05) is 16.8 Å². The number of benzene rings is 2. The largest absolute Gasteiger partial charge is 0.354 e. The molecule has 0 fully saturated rings. The van der Waals surface area contributed by atoms with Crippen molar-refractivity contribution in [3.8, 4) is 0 Å². The molecule has 0 radical (unpaired) electrons. The molecule has 1 N–H and O–H groups in total. The normalized spacial score (nSPS) is 10.6. The maximum Gasteiger partial charge on any atom is 0.354 e. The van der Waals surface area contributed by atoms with Crippen LogP contribution in [-0.4, -0.2) is 21.4 Å². The first-order valence-electron chi connectivity index (χ1n) is 8.46. The van der Waals surface area contributed by atoms with Crippen LogP contribution in [0.1, 0.15) is 12.5 Å². The Morgan fingerprint density at radius 2 is 1.93 bits per heavy atom.